The van der Waals surface area contributed by atoms with Crippen molar-refractivity contribution in [3.05, 3.63) is 114 Å². The molecule has 2 atom stereocenters. The van der Waals surface area contributed by atoms with E-state index in [9.17, 15) is 10.2 Å². The smallest absolute Gasteiger partial charge is 0.161 e. The predicted octanol–water partition coefficient (Wildman–Crippen LogP) is 5.12. The van der Waals surface area contributed by atoms with Crippen molar-refractivity contribution in [3.8, 4) is 28.7 Å². The third-order valence-corrected chi connectivity index (χ3v) is 7.23. The van der Waals surface area contributed by atoms with Gasteiger partial charge < -0.3 is 39.2 Å². The first kappa shape index (κ1) is 30.7. The van der Waals surface area contributed by atoms with E-state index < -0.39 is 17.7 Å². The van der Waals surface area contributed by atoms with E-state index in [0.29, 0.717) is 39.9 Å². The number of hydrogen-bond donors (Lipinski definition) is 3. The third kappa shape index (κ3) is 7.53. The summed E-state index contributed by atoms with van der Waals surface area (Å²) in [5.41, 5.74) is 0.807. The Morgan fingerprint density at radius 2 is 1.24 bits per heavy atom. The van der Waals surface area contributed by atoms with E-state index in [1.807, 2.05) is 97.1 Å². The molecule has 42 heavy (non-hydrogen) atoms. The van der Waals surface area contributed by atoms with Crippen molar-refractivity contribution in [1.29, 1.82) is 0 Å². The number of aliphatic hydroxyl groups is 2. The van der Waals surface area contributed by atoms with Crippen molar-refractivity contribution in [2.75, 3.05) is 41.6 Å². The summed E-state index contributed by atoms with van der Waals surface area (Å²) < 4.78 is 27.5. The van der Waals surface area contributed by atoms with E-state index in [0.717, 1.165) is 5.56 Å². The lowest BCUT2D eigenvalue weighted by atomic mass is 9.79. The molecule has 4 aromatic carbocycles. The van der Waals surface area contributed by atoms with Gasteiger partial charge in [-0.05, 0) is 65.2 Å². The molecule has 4 rings (SSSR count). The molecular formula is C34H39NO7. The van der Waals surface area contributed by atoms with E-state index >= 15 is 0 Å². The fourth-order valence-electron chi connectivity index (χ4n) is 4.86. The highest BCUT2D eigenvalue weighted by Gasteiger charge is 2.36. The molecule has 0 radical (unpaired) electrons. The summed E-state index contributed by atoms with van der Waals surface area (Å²) in [5.74, 6) is 3.21. The highest BCUT2D eigenvalue weighted by atomic mass is 16.5. The van der Waals surface area contributed by atoms with Gasteiger partial charge in [0.25, 0.3) is 0 Å². The maximum Gasteiger partial charge on any atom is 0.161 e. The number of aliphatic hydroxyl groups excluding tert-OH is 1. The molecule has 0 aliphatic carbocycles. The van der Waals surface area contributed by atoms with Crippen LogP contribution in [0.15, 0.2) is 97.1 Å². The lowest BCUT2D eigenvalue weighted by Gasteiger charge is -2.34. The summed E-state index contributed by atoms with van der Waals surface area (Å²) in [7, 11) is 6.38. The van der Waals surface area contributed by atoms with Crippen LogP contribution < -0.4 is 29.0 Å². The second-order valence-electron chi connectivity index (χ2n) is 9.87. The van der Waals surface area contributed by atoms with Crippen molar-refractivity contribution in [1.82, 2.24) is 5.32 Å². The maximum atomic E-state index is 12.5. The SMILES string of the molecule is COc1ccc(C(O)(C[C@H](NC[C@H](O)COc2ccccc2)c2ccc(OC)c(OC)c2)c2ccc(OC)cc2)cc1. The second kappa shape index (κ2) is 14.6. The Balaban J connectivity index is 1.67. The predicted molar refractivity (Wildman–Crippen MR) is 162 cm³/mol. The molecule has 0 aliphatic heterocycles. The summed E-state index contributed by atoms with van der Waals surface area (Å²) in [4.78, 5) is 0. The third-order valence-electron chi connectivity index (χ3n) is 7.23. The van der Waals surface area contributed by atoms with Gasteiger partial charge in [0.1, 0.15) is 35.6 Å². The van der Waals surface area contributed by atoms with Crippen LogP contribution in [-0.2, 0) is 5.60 Å². The van der Waals surface area contributed by atoms with Crippen molar-refractivity contribution in [2.24, 2.45) is 0 Å². The Labute approximate surface area is 247 Å². The molecule has 0 aromatic heterocycles. The fourth-order valence-corrected chi connectivity index (χ4v) is 4.86. The number of para-hydroxylation sites is 1. The quantitative estimate of drug-likeness (QED) is 0.180. The van der Waals surface area contributed by atoms with Gasteiger partial charge in [0.2, 0.25) is 0 Å². The molecule has 8 nitrogen and oxygen atoms in total. The average Bonchev–Trinajstić information content (AvgIpc) is 3.05. The number of benzene rings is 4. The van der Waals surface area contributed by atoms with Crippen molar-refractivity contribution in [3.63, 3.8) is 0 Å². The average molecular weight is 574 g/mol. The molecule has 0 saturated carbocycles. The van der Waals surface area contributed by atoms with Crippen LogP contribution in [0.3, 0.4) is 0 Å². The molecule has 222 valence electrons. The largest absolute Gasteiger partial charge is 0.497 e. The monoisotopic (exact) mass is 573 g/mol. The zero-order chi connectivity index (χ0) is 30.0. The highest BCUT2D eigenvalue weighted by molar-refractivity contribution is 5.45. The van der Waals surface area contributed by atoms with Gasteiger partial charge >= 0.3 is 0 Å². The molecule has 0 bridgehead atoms. The molecular weight excluding hydrogens is 534 g/mol. The Bertz CT molecular complexity index is 1330. The zero-order valence-electron chi connectivity index (χ0n) is 24.4. The fraction of sp³-hybridized carbons (Fsp3) is 0.294. The Kier molecular flexibility index (Phi) is 10.7. The first-order chi connectivity index (χ1) is 20.4. The number of ether oxygens (including phenoxy) is 5. The van der Waals surface area contributed by atoms with Gasteiger partial charge in [0.05, 0.1) is 28.4 Å². The molecule has 0 unspecified atom stereocenters. The molecule has 0 saturated heterocycles. The number of rotatable bonds is 15. The highest BCUT2D eigenvalue weighted by Crippen LogP contribution is 2.40. The number of hydrogen-bond acceptors (Lipinski definition) is 8. The van der Waals surface area contributed by atoms with Crippen LogP contribution in [0.5, 0.6) is 28.7 Å². The van der Waals surface area contributed by atoms with E-state index in [2.05, 4.69) is 5.32 Å². The summed E-state index contributed by atoms with van der Waals surface area (Å²) in [6, 6.07) is 29.3. The summed E-state index contributed by atoms with van der Waals surface area (Å²) in [5, 5.41) is 26.8. The molecule has 0 amide bonds. The minimum absolute atomic E-state index is 0.108. The number of nitrogens with one attached hydrogen (secondary N) is 1. The molecule has 0 heterocycles. The van der Waals surface area contributed by atoms with Gasteiger partial charge in [0.15, 0.2) is 11.5 Å². The van der Waals surface area contributed by atoms with Crippen LogP contribution in [0.1, 0.15) is 29.2 Å². The van der Waals surface area contributed by atoms with Crippen LogP contribution in [0.2, 0.25) is 0 Å². The van der Waals surface area contributed by atoms with E-state index in [4.69, 9.17) is 23.7 Å². The standard InChI is InChI=1S/C34H39NO7/c1-38-28-15-11-25(12-16-28)34(37,26-13-17-29(39-2)18-14-26)21-31(24-10-19-32(40-3)33(20-24)41-4)35-22-27(36)23-42-30-8-6-5-7-9-30/h5-20,27,31,35-37H,21-23H2,1-4H3/t27-,31-/m0/s1. The normalized spacial score (nSPS) is 12.7. The minimum Gasteiger partial charge on any atom is -0.497 e. The van der Waals surface area contributed by atoms with E-state index in [-0.39, 0.29) is 19.6 Å². The minimum atomic E-state index is -1.42. The molecule has 3 N–H and O–H groups in total. The van der Waals surface area contributed by atoms with Gasteiger partial charge in [-0.2, -0.15) is 0 Å². The second-order valence-corrected chi connectivity index (χ2v) is 9.87. The van der Waals surface area contributed by atoms with Gasteiger partial charge in [-0.3, -0.25) is 0 Å². The molecule has 0 fully saturated rings. The number of methoxy groups -OCH3 is 4. The Morgan fingerprint density at radius 3 is 1.76 bits per heavy atom. The van der Waals surface area contributed by atoms with Crippen molar-refractivity contribution in [2.45, 2.75) is 24.2 Å². The van der Waals surface area contributed by atoms with Crippen LogP contribution in [0, 0.1) is 0 Å². The first-order valence-corrected chi connectivity index (χ1v) is 13.7. The lowest BCUT2D eigenvalue weighted by molar-refractivity contribution is 0.0530. The summed E-state index contributed by atoms with van der Waals surface area (Å²) in [6.07, 6.45) is -0.573. The summed E-state index contributed by atoms with van der Waals surface area (Å²) in [6.45, 7) is 0.323. The Hall–Kier alpha value is -4.24. The van der Waals surface area contributed by atoms with E-state index in [1.54, 1.807) is 28.4 Å². The van der Waals surface area contributed by atoms with Crippen molar-refractivity contribution < 1.29 is 33.9 Å². The first-order valence-electron chi connectivity index (χ1n) is 13.7. The van der Waals surface area contributed by atoms with Crippen LogP contribution in [0.4, 0.5) is 0 Å². The summed E-state index contributed by atoms with van der Waals surface area (Å²) >= 11 is 0. The molecule has 8 heteroatoms. The van der Waals surface area contributed by atoms with Gasteiger partial charge in [-0.15, -0.1) is 0 Å². The lowest BCUT2D eigenvalue weighted by Crippen LogP contribution is -2.38. The Morgan fingerprint density at radius 1 is 0.667 bits per heavy atom. The van der Waals surface area contributed by atoms with Gasteiger partial charge in [-0.1, -0.05) is 48.5 Å². The van der Waals surface area contributed by atoms with Crippen LogP contribution >= 0.6 is 0 Å². The van der Waals surface area contributed by atoms with Crippen LogP contribution in [-0.4, -0.2) is 57.9 Å². The van der Waals surface area contributed by atoms with Gasteiger partial charge in [-0.25, -0.2) is 0 Å². The zero-order valence-corrected chi connectivity index (χ0v) is 24.4. The van der Waals surface area contributed by atoms with Crippen molar-refractivity contribution >= 4 is 0 Å². The van der Waals surface area contributed by atoms with Gasteiger partial charge in [0, 0.05) is 19.0 Å². The maximum absolute atomic E-state index is 12.5. The molecule has 0 spiro atoms. The molecule has 4 aromatic rings. The van der Waals surface area contributed by atoms with E-state index in [1.165, 1.54) is 0 Å². The topological polar surface area (TPSA) is 98.6 Å². The van der Waals surface area contributed by atoms with Crippen LogP contribution in [0.25, 0.3) is 0 Å². The molecule has 0 aliphatic rings.